The molecule has 2 N–H and O–H groups in total. The SMILES string of the molecule is CCCCCC(C)NCC(O)c1ccc(C#N)cc1. The first-order valence-electron chi connectivity index (χ1n) is 7.09. The Morgan fingerprint density at radius 3 is 2.53 bits per heavy atom. The Balaban J connectivity index is 2.33. The van der Waals surface area contributed by atoms with Crippen LogP contribution in [0.2, 0.25) is 0 Å². The lowest BCUT2D eigenvalue weighted by atomic mass is 10.1. The number of hydrogen-bond donors (Lipinski definition) is 2. The summed E-state index contributed by atoms with van der Waals surface area (Å²) in [4.78, 5) is 0. The third kappa shape index (κ3) is 5.87. The van der Waals surface area contributed by atoms with E-state index in [1.54, 1.807) is 12.1 Å². The average molecular weight is 260 g/mol. The van der Waals surface area contributed by atoms with Crippen molar-refractivity contribution >= 4 is 0 Å². The van der Waals surface area contributed by atoms with Gasteiger partial charge in [-0.1, -0.05) is 38.3 Å². The van der Waals surface area contributed by atoms with Gasteiger partial charge in [0.05, 0.1) is 17.7 Å². The fourth-order valence-electron chi connectivity index (χ4n) is 2.01. The van der Waals surface area contributed by atoms with Crippen LogP contribution in [0.15, 0.2) is 24.3 Å². The molecule has 2 atom stereocenters. The van der Waals surface area contributed by atoms with Gasteiger partial charge in [-0.25, -0.2) is 0 Å². The highest BCUT2D eigenvalue weighted by molar-refractivity contribution is 5.32. The summed E-state index contributed by atoms with van der Waals surface area (Å²) in [6.07, 6.45) is 4.37. The quantitative estimate of drug-likeness (QED) is 0.706. The molecule has 0 heterocycles. The minimum Gasteiger partial charge on any atom is -0.387 e. The largest absolute Gasteiger partial charge is 0.387 e. The van der Waals surface area contributed by atoms with Crippen LogP contribution >= 0.6 is 0 Å². The zero-order valence-corrected chi connectivity index (χ0v) is 11.9. The monoisotopic (exact) mass is 260 g/mol. The minimum atomic E-state index is -0.513. The van der Waals surface area contributed by atoms with Gasteiger partial charge in [0.15, 0.2) is 0 Å². The number of nitriles is 1. The molecule has 19 heavy (non-hydrogen) atoms. The summed E-state index contributed by atoms with van der Waals surface area (Å²) in [7, 11) is 0. The van der Waals surface area contributed by atoms with E-state index in [-0.39, 0.29) is 0 Å². The maximum atomic E-state index is 10.1. The van der Waals surface area contributed by atoms with Gasteiger partial charge in [0.2, 0.25) is 0 Å². The molecule has 104 valence electrons. The van der Waals surface area contributed by atoms with E-state index < -0.39 is 6.10 Å². The number of aliphatic hydroxyl groups excluding tert-OH is 1. The normalized spacial score (nSPS) is 13.8. The Morgan fingerprint density at radius 2 is 1.95 bits per heavy atom. The van der Waals surface area contributed by atoms with Gasteiger partial charge < -0.3 is 10.4 Å². The van der Waals surface area contributed by atoms with Gasteiger partial charge in [0, 0.05) is 12.6 Å². The van der Waals surface area contributed by atoms with E-state index in [2.05, 4.69) is 25.2 Å². The van der Waals surface area contributed by atoms with Gasteiger partial charge in [-0.2, -0.15) is 5.26 Å². The van der Waals surface area contributed by atoms with E-state index in [9.17, 15) is 5.11 Å². The van der Waals surface area contributed by atoms with Crippen LogP contribution < -0.4 is 5.32 Å². The second-order valence-corrected chi connectivity index (χ2v) is 5.05. The molecule has 3 heteroatoms. The van der Waals surface area contributed by atoms with Crippen molar-refractivity contribution in [3.63, 3.8) is 0 Å². The minimum absolute atomic E-state index is 0.430. The molecule has 1 rings (SSSR count). The van der Waals surface area contributed by atoms with Crippen molar-refractivity contribution < 1.29 is 5.11 Å². The van der Waals surface area contributed by atoms with Gasteiger partial charge in [0.25, 0.3) is 0 Å². The summed E-state index contributed by atoms with van der Waals surface area (Å²) in [6.45, 7) is 4.91. The van der Waals surface area contributed by atoms with Crippen LogP contribution in [0.25, 0.3) is 0 Å². The Bertz CT molecular complexity index is 394. The molecule has 0 bridgehead atoms. The number of rotatable bonds is 8. The van der Waals surface area contributed by atoms with Gasteiger partial charge >= 0.3 is 0 Å². The lowest BCUT2D eigenvalue weighted by Gasteiger charge is -2.17. The molecule has 1 aromatic carbocycles. The smallest absolute Gasteiger partial charge is 0.0991 e. The zero-order valence-electron chi connectivity index (χ0n) is 11.9. The Kier molecular flexibility index (Phi) is 7.17. The van der Waals surface area contributed by atoms with E-state index >= 15 is 0 Å². The molecule has 0 spiro atoms. The number of benzene rings is 1. The van der Waals surface area contributed by atoms with Crippen molar-refractivity contribution in [3.8, 4) is 6.07 Å². The molecule has 1 aromatic rings. The molecular weight excluding hydrogens is 236 g/mol. The fraction of sp³-hybridized carbons (Fsp3) is 0.562. The zero-order chi connectivity index (χ0) is 14.1. The number of aliphatic hydroxyl groups is 1. The molecule has 0 aromatic heterocycles. The van der Waals surface area contributed by atoms with Crippen LogP contribution in [0, 0.1) is 11.3 Å². The number of hydrogen-bond acceptors (Lipinski definition) is 3. The molecule has 0 saturated heterocycles. The fourth-order valence-corrected chi connectivity index (χ4v) is 2.01. The summed E-state index contributed by atoms with van der Waals surface area (Å²) in [5.74, 6) is 0. The van der Waals surface area contributed by atoms with Gasteiger partial charge in [-0.3, -0.25) is 0 Å². The highest BCUT2D eigenvalue weighted by Crippen LogP contribution is 2.13. The predicted octanol–water partition coefficient (Wildman–Crippen LogP) is 3.15. The summed E-state index contributed by atoms with van der Waals surface area (Å²) >= 11 is 0. The summed E-state index contributed by atoms with van der Waals surface area (Å²) in [6, 6.07) is 9.61. The van der Waals surface area contributed by atoms with E-state index in [4.69, 9.17) is 5.26 Å². The molecule has 0 aliphatic rings. The lowest BCUT2D eigenvalue weighted by Crippen LogP contribution is -2.30. The van der Waals surface area contributed by atoms with Crippen molar-refractivity contribution in [1.82, 2.24) is 5.32 Å². The van der Waals surface area contributed by atoms with Crippen LogP contribution in [-0.2, 0) is 0 Å². The maximum absolute atomic E-state index is 10.1. The van der Waals surface area contributed by atoms with Gasteiger partial charge in [-0.05, 0) is 31.0 Å². The second-order valence-electron chi connectivity index (χ2n) is 5.05. The topological polar surface area (TPSA) is 56.0 Å². The second kappa shape index (κ2) is 8.68. The van der Waals surface area contributed by atoms with Crippen LogP contribution in [0.5, 0.6) is 0 Å². The third-order valence-corrected chi connectivity index (χ3v) is 3.32. The first-order chi connectivity index (χ1) is 9.17. The first kappa shape index (κ1) is 15.7. The molecule has 0 aliphatic carbocycles. The number of nitrogens with one attached hydrogen (secondary N) is 1. The molecule has 0 aliphatic heterocycles. The van der Waals surface area contributed by atoms with Crippen molar-refractivity contribution in [1.29, 1.82) is 5.26 Å². The lowest BCUT2D eigenvalue weighted by molar-refractivity contribution is 0.170. The Labute approximate surface area is 116 Å². The van der Waals surface area contributed by atoms with Gasteiger partial charge in [0.1, 0.15) is 0 Å². The number of unbranched alkanes of at least 4 members (excludes halogenated alkanes) is 2. The highest BCUT2D eigenvalue weighted by atomic mass is 16.3. The van der Waals surface area contributed by atoms with Crippen LogP contribution in [0.4, 0.5) is 0 Å². The maximum Gasteiger partial charge on any atom is 0.0991 e. The molecule has 0 fully saturated rings. The average Bonchev–Trinajstić information content (AvgIpc) is 2.45. The Morgan fingerprint density at radius 1 is 1.26 bits per heavy atom. The van der Waals surface area contributed by atoms with Crippen LogP contribution in [-0.4, -0.2) is 17.7 Å². The predicted molar refractivity (Wildman–Crippen MR) is 77.7 cm³/mol. The van der Waals surface area contributed by atoms with E-state index in [0.29, 0.717) is 18.2 Å². The van der Waals surface area contributed by atoms with Crippen molar-refractivity contribution in [2.75, 3.05) is 6.54 Å². The van der Waals surface area contributed by atoms with Gasteiger partial charge in [-0.15, -0.1) is 0 Å². The molecule has 3 nitrogen and oxygen atoms in total. The van der Waals surface area contributed by atoms with E-state index in [1.807, 2.05) is 12.1 Å². The van der Waals surface area contributed by atoms with Crippen LogP contribution in [0.1, 0.15) is 56.8 Å². The third-order valence-electron chi connectivity index (χ3n) is 3.32. The number of nitrogens with zero attached hydrogens (tertiary/aromatic N) is 1. The highest BCUT2D eigenvalue weighted by Gasteiger charge is 2.09. The molecule has 0 saturated carbocycles. The molecular formula is C16H24N2O. The summed E-state index contributed by atoms with van der Waals surface area (Å²) in [5.41, 5.74) is 1.48. The van der Waals surface area contributed by atoms with Crippen molar-refractivity contribution in [2.45, 2.75) is 51.7 Å². The molecule has 2 unspecified atom stereocenters. The van der Waals surface area contributed by atoms with Crippen molar-refractivity contribution in [3.05, 3.63) is 35.4 Å². The molecule has 0 radical (unpaired) electrons. The first-order valence-corrected chi connectivity index (χ1v) is 7.09. The van der Waals surface area contributed by atoms with Crippen LogP contribution in [0.3, 0.4) is 0 Å². The summed E-state index contributed by atoms with van der Waals surface area (Å²) < 4.78 is 0. The summed E-state index contributed by atoms with van der Waals surface area (Å²) in [5, 5.41) is 22.1. The van der Waals surface area contributed by atoms with E-state index in [1.165, 1.54) is 19.3 Å². The molecule has 0 amide bonds. The Hall–Kier alpha value is -1.37. The standard InChI is InChI=1S/C16H24N2O/c1-3-4-5-6-13(2)18-12-16(19)15-9-7-14(11-17)8-10-15/h7-10,13,16,18-19H,3-6,12H2,1-2H3. The van der Waals surface area contributed by atoms with Crippen molar-refractivity contribution in [2.24, 2.45) is 0 Å². The van der Waals surface area contributed by atoms with E-state index in [0.717, 1.165) is 12.0 Å².